The highest BCUT2D eigenvalue weighted by Crippen LogP contribution is 2.32. The molecular weight excluding hydrogens is 238 g/mol. The fourth-order valence-electron chi connectivity index (χ4n) is 3.27. The van der Waals surface area contributed by atoms with Crippen LogP contribution in [0.2, 0.25) is 0 Å². The summed E-state index contributed by atoms with van der Waals surface area (Å²) in [6, 6.07) is 7.23. The normalized spacial score (nSPS) is 21.7. The topological polar surface area (TPSA) is 35.6 Å². The number of urea groups is 1. The molecule has 3 rings (SSSR count). The quantitative estimate of drug-likeness (QED) is 0.834. The van der Waals surface area contributed by atoms with Gasteiger partial charge in [-0.15, -0.1) is 0 Å². The number of amides is 2. The monoisotopic (exact) mass is 259 g/mol. The van der Waals surface area contributed by atoms with Crippen LogP contribution in [0.15, 0.2) is 18.2 Å². The molecule has 1 aromatic carbocycles. The Morgan fingerprint density at radius 3 is 3.00 bits per heavy atom. The third kappa shape index (κ3) is 2.15. The SMILES string of the molecule is CNC(=O)N1CCC(N2CCc3cc(C)ccc32)C1. The first-order valence-corrected chi connectivity index (χ1v) is 7.02. The molecule has 2 amide bonds. The van der Waals surface area contributed by atoms with E-state index in [0.717, 1.165) is 32.5 Å². The highest BCUT2D eigenvalue weighted by molar-refractivity contribution is 5.74. The molecule has 1 saturated heterocycles. The number of benzene rings is 1. The molecule has 4 nitrogen and oxygen atoms in total. The summed E-state index contributed by atoms with van der Waals surface area (Å²) in [6.07, 6.45) is 2.20. The van der Waals surface area contributed by atoms with Crippen molar-refractivity contribution in [3.05, 3.63) is 29.3 Å². The van der Waals surface area contributed by atoms with E-state index >= 15 is 0 Å². The van der Waals surface area contributed by atoms with Crippen molar-refractivity contribution in [2.45, 2.75) is 25.8 Å². The third-order valence-corrected chi connectivity index (χ3v) is 4.27. The van der Waals surface area contributed by atoms with Crippen LogP contribution in [0.25, 0.3) is 0 Å². The van der Waals surface area contributed by atoms with Crippen LogP contribution in [-0.2, 0) is 6.42 Å². The van der Waals surface area contributed by atoms with Gasteiger partial charge < -0.3 is 15.1 Å². The molecule has 19 heavy (non-hydrogen) atoms. The van der Waals surface area contributed by atoms with Gasteiger partial charge in [-0.25, -0.2) is 4.79 Å². The van der Waals surface area contributed by atoms with Gasteiger partial charge in [0.1, 0.15) is 0 Å². The number of nitrogens with zero attached hydrogens (tertiary/aromatic N) is 2. The van der Waals surface area contributed by atoms with Crippen LogP contribution in [0.5, 0.6) is 0 Å². The first-order chi connectivity index (χ1) is 9.19. The number of fused-ring (bicyclic) bond motifs is 1. The van der Waals surface area contributed by atoms with Crippen LogP contribution in [0, 0.1) is 6.92 Å². The van der Waals surface area contributed by atoms with Gasteiger partial charge in [0.05, 0.1) is 0 Å². The molecule has 4 heteroatoms. The smallest absolute Gasteiger partial charge is 0.317 e. The van der Waals surface area contributed by atoms with E-state index in [2.05, 4.69) is 35.3 Å². The second-order valence-corrected chi connectivity index (χ2v) is 5.52. The molecule has 1 N–H and O–H groups in total. The minimum atomic E-state index is 0.0471. The molecule has 0 saturated carbocycles. The minimum absolute atomic E-state index is 0.0471. The molecule has 0 radical (unpaired) electrons. The van der Waals surface area contributed by atoms with Gasteiger partial charge in [0.25, 0.3) is 0 Å². The Morgan fingerprint density at radius 2 is 2.21 bits per heavy atom. The van der Waals surface area contributed by atoms with Gasteiger partial charge in [-0.3, -0.25) is 0 Å². The van der Waals surface area contributed by atoms with Crippen LogP contribution in [0.1, 0.15) is 17.5 Å². The van der Waals surface area contributed by atoms with E-state index in [-0.39, 0.29) is 6.03 Å². The highest BCUT2D eigenvalue weighted by Gasteiger charge is 2.33. The minimum Gasteiger partial charge on any atom is -0.366 e. The van der Waals surface area contributed by atoms with Crippen LogP contribution < -0.4 is 10.2 Å². The summed E-state index contributed by atoms with van der Waals surface area (Å²) in [5, 5.41) is 2.71. The largest absolute Gasteiger partial charge is 0.366 e. The Morgan fingerprint density at radius 1 is 1.37 bits per heavy atom. The van der Waals surface area contributed by atoms with Crippen LogP contribution >= 0.6 is 0 Å². The lowest BCUT2D eigenvalue weighted by Crippen LogP contribution is -2.40. The van der Waals surface area contributed by atoms with Gasteiger partial charge in [-0.2, -0.15) is 0 Å². The van der Waals surface area contributed by atoms with Crippen LogP contribution in [-0.4, -0.2) is 43.7 Å². The first kappa shape index (κ1) is 12.3. The van der Waals surface area contributed by atoms with Crippen molar-refractivity contribution in [3.63, 3.8) is 0 Å². The molecule has 0 spiro atoms. The third-order valence-electron chi connectivity index (χ3n) is 4.27. The molecule has 1 unspecified atom stereocenters. The van der Waals surface area contributed by atoms with Gasteiger partial charge in [0, 0.05) is 38.4 Å². The van der Waals surface area contributed by atoms with Crippen molar-refractivity contribution in [2.75, 3.05) is 31.6 Å². The first-order valence-electron chi connectivity index (χ1n) is 7.02. The number of carbonyl (C=O) groups excluding carboxylic acids is 1. The van der Waals surface area contributed by atoms with Gasteiger partial charge in [0.2, 0.25) is 0 Å². The van der Waals surface area contributed by atoms with E-state index in [0.29, 0.717) is 6.04 Å². The van der Waals surface area contributed by atoms with E-state index in [1.165, 1.54) is 16.8 Å². The van der Waals surface area contributed by atoms with Gasteiger partial charge >= 0.3 is 6.03 Å². The molecule has 1 fully saturated rings. The van der Waals surface area contributed by atoms with Gasteiger partial charge in [-0.05, 0) is 31.4 Å². The number of anilines is 1. The van der Waals surface area contributed by atoms with Crippen molar-refractivity contribution >= 4 is 11.7 Å². The number of carbonyl (C=O) groups is 1. The molecule has 2 aliphatic rings. The van der Waals surface area contributed by atoms with Crippen LogP contribution in [0.4, 0.5) is 10.5 Å². The molecule has 0 bridgehead atoms. The maximum atomic E-state index is 11.7. The lowest BCUT2D eigenvalue weighted by Gasteiger charge is -2.27. The summed E-state index contributed by atoms with van der Waals surface area (Å²) in [5.74, 6) is 0. The molecule has 1 atom stereocenters. The fourth-order valence-corrected chi connectivity index (χ4v) is 3.27. The van der Waals surface area contributed by atoms with Crippen molar-refractivity contribution < 1.29 is 4.79 Å². The predicted octanol–water partition coefficient (Wildman–Crippen LogP) is 1.77. The summed E-state index contributed by atoms with van der Waals surface area (Å²) in [5.41, 5.74) is 4.16. The Bertz CT molecular complexity index is 500. The maximum Gasteiger partial charge on any atom is 0.317 e. The average Bonchev–Trinajstić information content (AvgIpc) is 3.03. The number of hydrogen-bond donors (Lipinski definition) is 1. The molecule has 102 valence electrons. The lowest BCUT2D eigenvalue weighted by atomic mass is 10.1. The molecule has 0 aliphatic carbocycles. The van der Waals surface area contributed by atoms with E-state index in [4.69, 9.17) is 0 Å². The summed E-state index contributed by atoms with van der Waals surface area (Å²) >= 11 is 0. The summed E-state index contributed by atoms with van der Waals surface area (Å²) < 4.78 is 0. The zero-order valence-corrected chi connectivity index (χ0v) is 11.6. The van der Waals surface area contributed by atoms with Crippen LogP contribution in [0.3, 0.4) is 0 Å². The second-order valence-electron chi connectivity index (χ2n) is 5.52. The lowest BCUT2D eigenvalue weighted by molar-refractivity contribution is 0.210. The number of likely N-dealkylation sites (tertiary alicyclic amines) is 1. The fraction of sp³-hybridized carbons (Fsp3) is 0.533. The molecular formula is C15H21N3O. The van der Waals surface area contributed by atoms with Crippen molar-refractivity contribution in [2.24, 2.45) is 0 Å². The number of aryl methyl sites for hydroxylation is 1. The molecule has 1 aromatic rings. The molecule has 2 heterocycles. The molecule has 2 aliphatic heterocycles. The Hall–Kier alpha value is -1.71. The second kappa shape index (κ2) is 4.76. The zero-order valence-electron chi connectivity index (χ0n) is 11.6. The summed E-state index contributed by atoms with van der Waals surface area (Å²) in [6.45, 7) is 4.94. The van der Waals surface area contributed by atoms with E-state index < -0.39 is 0 Å². The van der Waals surface area contributed by atoms with E-state index in [1.807, 2.05) is 4.90 Å². The predicted molar refractivity (Wildman–Crippen MR) is 76.7 cm³/mol. The van der Waals surface area contributed by atoms with Gasteiger partial charge in [0.15, 0.2) is 0 Å². The van der Waals surface area contributed by atoms with Crippen molar-refractivity contribution in [1.29, 1.82) is 0 Å². The summed E-state index contributed by atoms with van der Waals surface area (Å²) in [4.78, 5) is 16.1. The number of hydrogen-bond acceptors (Lipinski definition) is 2. The van der Waals surface area contributed by atoms with Crippen molar-refractivity contribution in [3.8, 4) is 0 Å². The Balaban J connectivity index is 1.75. The zero-order chi connectivity index (χ0) is 13.4. The van der Waals surface area contributed by atoms with E-state index in [1.54, 1.807) is 7.05 Å². The van der Waals surface area contributed by atoms with Gasteiger partial charge in [-0.1, -0.05) is 17.7 Å². The summed E-state index contributed by atoms with van der Waals surface area (Å²) in [7, 11) is 1.70. The Labute approximate surface area is 114 Å². The number of nitrogens with one attached hydrogen (secondary N) is 1. The van der Waals surface area contributed by atoms with E-state index in [9.17, 15) is 4.79 Å². The Kier molecular flexibility index (Phi) is 3.09. The van der Waals surface area contributed by atoms with Crippen molar-refractivity contribution in [1.82, 2.24) is 10.2 Å². The molecule has 0 aromatic heterocycles. The average molecular weight is 259 g/mol. The maximum absolute atomic E-state index is 11.7. The number of rotatable bonds is 1. The highest BCUT2D eigenvalue weighted by atomic mass is 16.2. The standard InChI is InChI=1S/C15H21N3O/c1-11-3-4-14-12(9-11)5-8-18(14)13-6-7-17(10-13)15(19)16-2/h3-4,9,13H,5-8,10H2,1-2H3,(H,16,19).